The van der Waals surface area contributed by atoms with Crippen LogP contribution in [0.15, 0.2) is 17.6 Å². The molecular weight excluding hydrogens is 280 g/mol. The minimum atomic E-state index is 0.818. The zero-order chi connectivity index (χ0) is 15.2. The van der Waals surface area contributed by atoms with Crippen LogP contribution in [0.25, 0.3) is 10.2 Å². The summed E-state index contributed by atoms with van der Waals surface area (Å²) in [6.45, 7) is 12.0. The van der Waals surface area contributed by atoms with Crippen molar-refractivity contribution in [2.24, 2.45) is 0 Å². The van der Waals surface area contributed by atoms with Crippen LogP contribution in [-0.4, -0.2) is 42.6 Å². The maximum Gasteiger partial charge on any atom is 0.106 e. The van der Waals surface area contributed by atoms with Crippen molar-refractivity contribution in [1.82, 2.24) is 9.88 Å². The van der Waals surface area contributed by atoms with Gasteiger partial charge >= 0.3 is 0 Å². The predicted molar refractivity (Wildman–Crippen MR) is 94.3 cm³/mol. The zero-order valence-corrected chi connectivity index (χ0v) is 14.1. The van der Waals surface area contributed by atoms with Gasteiger partial charge < -0.3 is 15.5 Å². The summed E-state index contributed by atoms with van der Waals surface area (Å²) in [6, 6.07) is 4.27. The zero-order valence-electron chi connectivity index (χ0n) is 13.3. The first-order valence-corrected chi connectivity index (χ1v) is 8.68. The third-order valence-electron chi connectivity index (χ3n) is 4.04. The van der Waals surface area contributed by atoms with E-state index in [4.69, 9.17) is 5.73 Å². The number of nitrogens with two attached hydrogens (primary N) is 1. The molecule has 2 N–H and O–H groups in total. The normalized spacial score (nSPS) is 11.4. The monoisotopic (exact) mass is 306 g/mol. The van der Waals surface area contributed by atoms with Crippen molar-refractivity contribution in [3.8, 4) is 0 Å². The van der Waals surface area contributed by atoms with E-state index in [-0.39, 0.29) is 0 Å². The first-order valence-electron chi connectivity index (χ1n) is 7.80. The molecule has 0 aliphatic carbocycles. The van der Waals surface area contributed by atoms with Crippen LogP contribution in [0.4, 0.5) is 11.4 Å². The molecule has 1 aromatic heterocycles. The van der Waals surface area contributed by atoms with Crippen molar-refractivity contribution in [3.63, 3.8) is 0 Å². The summed E-state index contributed by atoms with van der Waals surface area (Å²) in [5.41, 5.74) is 11.1. The first kappa shape index (κ1) is 16.0. The molecule has 4 nitrogen and oxygen atoms in total. The summed E-state index contributed by atoms with van der Waals surface area (Å²) in [4.78, 5) is 9.21. The van der Waals surface area contributed by atoms with E-state index in [1.54, 1.807) is 11.3 Å². The fourth-order valence-corrected chi connectivity index (χ4v) is 3.38. The van der Waals surface area contributed by atoms with Gasteiger partial charge in [0.05, 0.1) is 21.6 Å². The molecule has 116 valence electrons. The Bertz CT molecular complexity index is 562. The van der Waals surface area contributed by atoms with Crippen molar-refractivity contribution in [2.75, 3.05) is 43.4 Å². The molecule has 0 saturated carbocycles. The van der Waals surface area contributed by atoms with Crippen LogP contribution in [0.3, 0.4) is 0 Å². The number of fused-ring (bicyclic) bond motifs is 1. The molecule has 5 heteroatoms. The van der Waals surface area contributed by atoms with Gasteiger partial charge in [-0.1, -0.05) is 13.8 Å². The molecule has 1 aromatic carbocycles. The highest BCUT2D eigenvalue weighted by atomic mass is 32.1. The van der Waals surface area contributed by atoms with Crippen molar-refractivity contribution >= 4 is 32.9 Å². The Morgan fingerprint density at radius 1 is 1.10 bits per heavy atom. The summed E-state index contributed by atoms with van der Waals surface area (Å²) in [7, 11) is 0. The number of nitrogen functional groups attached to an aromatic ring is 1. The number of rotatable bonds is 8. The van der Waals surface area contributed by atoms with Gasteiger partial charge in [-0.25, -0.2) is 4.98 Å². The third-order valence-corrected chi connectivity index (χ3v) is 4.83. The summed E-state index contributed by atoms with van der Waals surface area (Å²) in [6.07, 6.45) is 1.16. The number of nitrogens with zero attached hydrogens (tertiary/aromatic N) is 3. The Morgan fingerprint density at radius 2 is 1.86 bits per heavy atom. The van der Waals surface area contributed by atoms with Gasteiger partial charge in [-0.15, -0.1) is 11.3 Å². The maximum atomic E-state index is 6.32. The Morgan fingerprint density at radius 3 is 2.52 bits per heavy atom. The molecule has 2 rings (SSSR count). The number of thiazole rings is 1. The van der Waals surface area contributed by atoms with E-state index in [9.17, 15) is 0 Å². The fourth-order valence-electron chi connectivity index (χ4n) is 2.69. The average Bonchev–Trinajstić information content (AvgIpc) is 2.98. The molecule has 0 amide bonds. The second-order valence-corrected chi connectivity index (χ2v) is 6.04. The molecule has 2 aromatic rings. The van der Waals surface area contributed by atoms with Crippen molar-refractivity contribution in [2.45, 2.75) is 27.2 Å². The van der Waals surface area contributed by atoms with E-state index >= 15 is 0 Å². The van der Waals surface area contributed by atoms with Gasteiger partial charge in [0.15, 0.2) is 0 Å². The van der Waals surface area contributed by atoms with Crippen LogP contribution in [0, 0.1) is 0 Å². The van der Waals surface area contributed by atoms with Crippen molar-refractivity contribution < 1.29 is 0 Å². The molecular formula is C16H26N4S. The van der Waals surface area contributed by atoms with Crippen LogP contribution >= 0.6 is 11.3 Å². The Hall–Kier alpha value is -1.33. The molecule has 0 aliphatic rings. The second-order valence-electron chi connectivity index (χ2n) is 5.16. The van der Waals surface area contributed by atoms with Crippen LogP contribution in [0.5, 0.6) is 0 Å². The van der Waals surface area contributed by atoms with Crippen molar-refractivity contribution in [1.29, 1.82) is 0 Å². The molecule has 0 aliphatic heterocycles. The topological polar surface area (TPSA) is 45.4 Å². The number of anilines is 2. The van der Waals surface area contributed by atoms with Gasteiger partial charge in [-0.05, 0) is 45.1 Å². The van der Waals surface area contributed by atoms with Gasteiger partial charge in [0.2, 0.25) is 0 Å². The molecule has 0 atom stereocenters. The molecule has 0 spiro atoms. The number of hydrogen-bond donors (Lipinski definition) is 1. The highest BCUT2D eigenvalue weighted by Crippen LogP contribution is 2.32. The quantitative estimate of drug-likeness (QED) is 0.759. The van der Waals surface area contributed by atoms with Crippen LogP contribution < -0.4 is 10.6 Å². The van der Waals surface area contributed by atoms with Crippen LogP contribution in [-0.2, 0) is 0 Å². The molecule has 1 heterocycles. The third kappa shape index (κ3) is 3.66. The van der Waals surface area contributed by atoms with E-state index in [0.717, 1.165) is 60.7 Å². The molecule has 0 saturated heterocycles. The van der Waals surface area contributed by atoms with E-state index in [0.29, 0.717) is 0 Å². The van der Waals surface area contributed by atoms with Gasteiger partial charge in [0, 0.05) is 13.1 Å². The Labute approximate surface area is 131 Å². The number of hydrogen-bond acceptors (Lipinski definition) is 5. The largest absolute Gasteiger partial charge is 0.395 e. The summed E-state index contributed by atoms with van der Waals surface area (Å²) < 4.78 is 1.16. The summed E-state index contributed by atoms with van der Waals surface area (Å²) >= 11 is 1.64. The highest BCUT2D eigenvalue weighted by Gasteiger charge is 2.12. The Kier molecular flexibility index (Phi) is 5.82. The number of benzene rings is 1. The van der Waals surface area contributed by atoms with Gasteiger partial charge in [0.1, 0.15) is 5.52 Å². The van der Waals surface area contributed by atoms with E-state index < -0.39 is 0 Å². The van der Waals surface area contributed by atoms with E-state index in [2.05, 4.69) is 47.7 Å². The average molecular weight is 306 g/mol. The lowest BCUT2D eigenvalue weighted by atomic mass is 10.2. The minimum absolute atomic E-state index is 0.818. The van der Waals surface area contributed by atoms with Crippen LogP contribution in [0.1, 0.15) is 27.2 Å². The van der Waals surface area contributed by atoms with Gasteiger partial charge in [0.25, 0.3) is 0 Å². The lowest BCUT2D eigenvalue weighted by Gasteiger charge is -2.26. The van der Waals surface area contributed by atoms with Gasteiger partial charge in [-0.2, -0.15) is 0 Å². The molecule has 21 heavy (non-hydrogen) atoms. The van der Waals surface area contributed by atoms with E-state index in [1.807, 2.05) is 5.51 Å². The first-order chi connectivity index (χ1) is 10.2. The van der Waals surface area contributed by atoms with E-state index in [1.165, 1.54) is 0 Å². The second kappa shape index (κ2) is 7.61. The maximum absolute atomic E-state index is 6.32. The molecule has 0 fully saturated rings. The van der Waals surface area contributed by atoms with Gasteiger partial charge in [-0.3, -0.25) is 0 Å². The smallest absolute Gasteiger partial charge is 0.106 e. The summed E-state index contributed by atoms with van der Waals surface area (Å²) in [5.74, 6) is 0. The molecule has 0 unspecified atom stereocenters. The predicted octanol–water partition coefficient (Wildman–Crippen LogP) is 3.44. The molecule has 0 radical (unpaired) electrons. The fraction of sp³-hybridized carbons (Fsp3) is 0.562. The lowest BCUT2D eigenvalue weighted by Crippen LogP contribution is -2.30. The standard InChI is InChI=1S/C16H26N4S/c1-4-19(5-2)10-7-11-20(6-3)13-8-9-14-16(15(13)17)18-12-21-14/h8-9,12H,4-7,10-11,17H2,1-3H3. The molecule has 0 bridgehead atoms. The minimum Gasteiger partial charge on any atom is -0.395 e. The van der Waals surface area contributed by atoms with Crippen molar-refractivity contribution in [3.05, 3.63) is 17.6 Å². The Balaban J connectivity index is 2.07. The highest BCUT2D eigenvalue weighted by molar-refractivity contribution is 7.16. The lowest BCUT2D eigenvalue weighted by molar-refractivity contribution is 0.301. The van der Waals surface area contributed by atoms with Crippen LogP contribution in [0.2, 0.25) is 0 Å². The number of aromatic nitrogens is 1. The SMILES string of the molecule is CCN(CC)CCCN(CC)c1ccc2scnc2c1N. The summed E-state index contributed by atoms with van der Waals surface area (Å²) in [5, 5.41) is 0.